The molecule has 1 aromatic heterocycles. The SMILES string of the molecule is Cc1cnc(C)c(N2CCN(C(C)CN)CC2)n1. The Morgan fingerprint density at radius 3 is 2.56 bits per heavy atom. The van der Waals surface area contributed by atoms with Crippen LogP contribution in [0.4, 0.5) is 5.82 Å². The zero-order chi connectivity index (χ0) is 13.1. The van der Waals surface area contributed by atoms with Crippen LogP contribution in [0.5, 0.6) is 0 Å². The summed E-state index contributed by atoms with van der Waals surface area (Å²) in [5, 5.41) is 0. The molecule has 0 aliphatic carbocycles. The van der Waals surface area contributed by atoms with Crippen LogP contribution in [0.1, 0.15) is 18.3 Å². The topological polar surface area (TPSA) is 58.3 Å². The lowest BCUT2D eigenvalue weighted by Crippen LogP contribution is -2.51. The summed E-state index contributed by atoms with van der Waals surface area (Å²) in [5.41, 5.74) is 7.71. The van der Waals surface area contributed by atoms with Gasteiger partial charge in [0.1, 0.15) is 5.82 Å². The minimum Gasteiger partial charge on any atom is -0.353 e. The van der Waals surface area contributed by atoms with Crippen LogP contribution in [0.15, 0.2) is 6.20 Å². The molecule has 1 saturated heterocycles. The first-order valence-electron chi connectivity index (χ1n) is 6.61. The van der Waals surface area contributed by atoms with Gasteiger partial charge in [0.15, 0.2) is 0 Å². The predicted molar refractivity (Wildman–Crippen MR) is 73.8 cm³/mol. The third-order valence-electron chi connectivity index (χ3n) is 3.63. The van der Waals surface area contributed by atoms with Crippen molar-refractivity contribution in [3.8, 4) is 0 Å². The lowest BCUT2D eigenvalue weighted by atomic mass is 10.2. The van der Waals surface area contributed by atoms with Crippen molar-refractivity contribution in [3.63, 3.8) is 0 Å². The van der Waals surface area contributed by atoms with Gasteiger partial charge < -0.3 is 10.6 Å². The van der Waals surface area contributed by atoms with E-state index in [2.05, 4.69) is 26.7 Å². The van der Waals surface area contributed by atoms with Crippen LogP contribution in [0.2, 0.25) is 0 Å². The van der Waals surface area contributed by atoms with Crippen LogP contribution in [0.25, 0.3) is 0 Å². The van der Waals surface area contributed by atoms with E-state index in [1.165, 1.54) is 0 Å². The summed E-state index contributed by atoms with van der Waals surface area (Å²) in [6.07, 6.45) is 1.82. The van der Waals surface area contributed by atoms with Crippen molar-refractivity contribution in [1.82, 2.24) is 14.9 Å². The number of hydrogen-bond acceptors (Lipinski definition) is 5. The molecule has 0 saturated carbocycles. The van der Waals surface area contributed by atoms with Crippen LogP contribution >= 0.6 is 0 Å². The van der Waals surface area contributed by atoms with Gasteiger partial charge in [0, 0.05) is 45.0 Å². The van der Waals surface area contributed by atoms with Gasteiger partial charge in [-0.2, -0.15) is 0 Å². The Morgan fingerprint density at radius 1 is 1.28 bits per heavy atom. The van der Waals surface area contributed by atoms with E-state index in [-0.39, 0.29) is 0 Å². The predicted octanol–water partition coefficient (Wildman–Crippen LogP) is 0.563. The van der Waals surface area contributed by atoms with Crippen molar-refractivity contribution in [3.05, 3.63) is 17.6 Å². The second-order valence-corrected chi connectivity index (χ2v) is 5.03. The number of nitrogens with zero attached hydrogens (tertiary/aromatic N) is 4. The highest BCUT2D eigenvalue weighted by atomic mass is 15.3. The molecule has 0 bridgehead atoms. The number of aromatic nitrogens is 2. The Kier molecular flexibility index (Phi) is 4.14. The third kappa shape index (κ3) is 2.79. The number of aryl methyl sites for hydroxylation is 2. The van der Waals surface area contributed by atoms with Crippen LogP contribution in [0, 0.1) is 13.8 Å². The molecule has 1 unspecified atom stereocenters. The van der Waals surface area contributed by atoms with Crippen molar-refractivity contribution >= 4 is 5.82 Å². The molecule has 18 heavy (non-hydrogen) atoms. The molecule has 5 heteroatoms. The average Bonchev–Trinajstić information content (AvgIpc) is 2.41. The number of anilines is 1. The lowest BCUT2D eigenvalue weighted by Gasteiger charge is -2.38. The Balaban J connectivity index is 2.03. The first-order valence-corrected chi connectivity index (χ1v) is 6.61. The number of nitrogens with two attached hydrogens (primary N) is 1. The lowest BCUT2D eigenvalue weighted by molar-refractivity contribution is 0.201. The summed E-state index contributed by atoms with van der Waals surface area (Å²) in [4.78, 5) is 13.8. The van der Waals surface area contributed by atoms with Crippen molar-refractivity contribution in [2.75, 3.05) is 37.6 Å². The van der Waals surface area contributed by atoms with Crippen LogP contribution in [-0.4, -0.2) is 53.6 Å². The molecular formula is C13H23N5. The number of rotatable bonds is 3. The standard InChI is InChI=1S/C13H23N5/c1-10-9-15-12(3)13(16-10)18-6-4-17(5-7-18)11(2)8-14/h9,11H,4-8,14H2,1-3H3. The molecule has 2 rings (SSSR count). The molecule has 0 aromatic carbocycles. The highest BCUT2D eigenvalue weighted by Gasteiger charge is 2.22. The largest absolute Gasteiger partial charge is 0.353 e. The Labute approximate surface area is 109 Å². The van der Waals surface area contributed by atoms with E-state index in [9.17, 15) is 0 Å². The third-order valence-corrected chi connectivity index (χ3v) is 3.63. The molecule has 100 valence electrons. The van der Waals surface area contributed by atoms with Crippen molar-refractivity contribution in [2.24, 2.45) is 5.73 Å². The van der Waals surface area contributed by atoms with E-state index < -0.39 is 0 Å². The number of piperazine rings is 1. The maximum Gasteiger partial charge on any atom is 0.150 e. The second-order valence-electron chi connectivity index (χ2n) is 5.03. The van der Waals surface area contributed by atoms with Crippen LogP contribution < -0.4 is 10.6 Å². The maximum atomic E-state index is 5.72. The zero-order valence-corrected chi connectivity index (χ0v) is 11.6. The first-order chi connectivity index (χ1) is 8.61. The van der Waals surface area contributed by atoms with Gasteiger partial charge in [0.05, 0.1) is 11.4 Å². The molecule has 0 amide bonds. The fourth-order valence-corrected chi connectivity index (χ4v) is 2.35. The van der Waals surface area contributed by atoms with Crippen molar-refractivity contribution in [1.29, 1.82) is 0 Å². The van der Waals surface area contributed by atoms with Gasteiger partial charge in [0.25, 0.3) is 0 Å². The smallest absolute Gasteiger partial charge is 0.150 e. The second kappa shape index (κ2) is 5.63. The monoisotopic (exact) mass is 249 g/mol. The van der Waals surface area contributed by atoms with E-state index in [4.69, 9.17) is 5.73 Å². The molecule has 1 aliphatic heterocycles. The van der Waals surface area contributed by atoms with Gasteiger partial charge in [-0.05, 0) is 20.8 Å². The summed E-state index contributed by atoms with van der Waals surface area (Å²) in [6, 6.07) is 0.469. The van der Waals surface area contributed by atoms with Gasteiger partial charge in [-0.3, -0.25) is 9.88 Å². The van der Waals surface area contributed by atoms with Crippen molar-refractivity contribution in [2.45, 2.75) is 26.8 Å². The molecular weight excluding hydrogens is 226 g/mol. The minimum atomic E-state index is 0.469. The molecule has 1 atom stereocenters. The summed E-state index contributed by atoms with van der Waals surface area (Å²) in [6.45, 7) is 11.0. The summed E-state index contributed by atoms with van der Waals surface area (Å²) < 4.78 is 0. The molecule has 1 aliphatic rings. The maximum absolute atomic E-state index is 5.72. The zero-order valence-electron chi connectivity index (χ0n) is 11.6. The van der Waals surface area contributed by atoms with Gasteiger partial charge >= 0.3 is 0 Å². The molecule has 2 N–H and O–H groups in total. The molecule has 1 fully saturated rings. The fraction of sp³-hybridized carbons (Fsp3) is 0.692. The van der Waals surface area contributed by atoms with E-state index in [1.54, 1.807) is 0 Å². The van der Waals surface area contributed by atoms with E-state index >= 15 is 0 Å². The van der Waals surface area contributed by atoms with Gasteiger partial charge in [-0.15, -0.1) is 0 Å². The molecule has 0 spiro atoms. The van der Waals surface area contributed by atoms with Gasteiger partial charge in [-0.1, -0.05) is 0 Å². The highest BCUT2D eigenvalue weighted by Crippen LogP contribution is 2.17. The fourth-order valence-electron chi connectivity index (χ4n) is 2.35. The van der Waals surface area contributed by atoms with E-state index in [0.717, 1.165) is 49.9 Å². The highest BCUT2D eigenvalue weighted by molar-refractivity contribution is 5.43. The minimum absolute atomic E-state index is 0.469. The Hall–Kier alpha value is -1.20. The average molecular weight is 249 g/mol. The molecule has 1 aromatic rings. The van der Waals surface area contributed by atoms with E-state index in [0.29, 0.717) is 6.04 Å². The van der Waals surface area contributed by atoms with Gasteiger partial charge in [0.2, 0.25) is 0 Å². The van der Waals surface area contributed by atoms with Gasteiger partial charge in [-0.25, -0.2) is 4.98 Å². The number of hydrogen-bond donors (Lipinski definition) is 1. The molecule has 2 heterocycles. The molecule has 0 radical (unpaired) electrons. The quantitative estimate of drug-likeness (QED) is 0.848. The summed E-state index contributed by atoms with van der Waals surface area (Å²) >= 11 is 0. The summed E-state index contributed by atoms with van der Waals surface area (Å²) in [5.74, 6) is 1.04. The first kappa shape index (κ1) is 13.2. The molecule has 5 nitrogen and oxygen atoms in total. The normalized spacial score (nSPS) is 19.0. The van der Waals surface area contributed by atoms with Crippen LogP contribution in [0.3, 0.4) is 0 Å². The summed E-state index contributed by atoms with van der Waals surface area (Å²) in [7, 11) is 0. The van der Waals surface area contributed by atoms with Crippen molar-refractivity contribution < 1.29 is 0 Å². The Bertz CT molecular complexity index is 398. The van der Waals surface area contributed by atoms with Crippen LogP contribution in [-0.2, 0) is 0 Å². The van der Waals surface area contributed by atoms with E-state index in [1.807, 2.05) is 20.0 Å². The Morgan fingerprint density at radius 2 is 1.94 bits per heavy atom.